The van der Waals surface area contributed by atoms with E-state index in [2.05, 4.69) is 10.4 Å². The van der Waals surface area contributed by atoms with E-state index in [9.17, 15) is 10.1 Å². The van der Waals surface area contributed by atoms with Crippen LogP contribution in [0.15, 0.2) is 41.4 Å². The van der Waals surface area contributed by atoms with Gasteiger partial charge in [0.15, 0.2) is 0 Å². The number of nitro groups is 1. The van der Waals surface area contributed by atoms with Gasteiger partial charge in [0.05, 0.1) is 11.0 Å². The Bertz CT molecular complexity index is 639. The van der Waals surface area contributed by atoms with Crippen molar-refractivity contribution in [1.82, 2.24) is 4.98 Å². The summed E-state index contributed by atoms with van der Waals surface area (Å²) in [7, 11) is 0. The van der Waals surface area contributed by atoms with Crippen LogP contribution >= 0.6 is 23.4 Å². The lowest BCUT2D eigenvalue weighted by Gasteiger charge is -2.05. The maximum Gasteiger partial charge on any atom is 0.275 e. The molecule has 6 nitrogen and oxygen atoms in total. The Labute approximate surface area is 124 Å². The Balaban J connectivity index is 2.19. The summed E-state index contributed by atoms with van der Waals surface area (Å²) in [6.07, 6.45) is 0. The Kier molecular flexibility index (Phi) is 4.78. The lowest BCUT2D eigenvalue weighted by Crippen LogP contribution is -2.09. The van der Waals surface area contributed by atoms with E-state index in [-0.39, 0.29) is 11.5 Å². The molecule has 2 rings (SSSR count). The van der Waals surface area contributed by atoms with Crippen molar-refractivity contribution in [2.45, 2.75) is 10.8 Å². The molecule has 0 saturated carbocycles. The van der Waals surface area contributed by atoms with Gasteiger partial charge >= 0.3 is 0 Å². The SMILES string of the molecule is NNc1cc([N+](=O)[O-])cc(SCc2ccccc2Cl)n1. The van der Waals surface area contributed by atoms with E-state index in [4.69, 9.17) is 17.4 Å². The Morgan fingerprint density at radius 2 is 2.15 bits per heavy atom. The van der Waals surface area contributed by atoms with Crippen LogP contribution in [0.5, 0.6) is 0 Å². The summed E-state index contributed by atoms with van der Waals surface area (Å²) >= 11 is 7.41. The summed E-state index contributed by atoms with van der Waals surface area (Å²) in [4.78, 5) is 14.5. The van der Waals surface area contributed by atoms with Crippen molar-refractivity contribution in [2.75, 3.05) is 5.43 Å². The third kappa shape index (κ3) is 3.60. The molecule has 1 aromatic carbocycles. The zero-order valence-electron chi connectivity index (χ0n) is 10.2. The van der Waals surface area contributed by atoms with E-state index in [1.54, 1.807) is 6.07 Å². The van der Waals surface area contributed by atoms with Gasteiger partial charge in [0.1, 0.15) is 10.8 Å². The van der Waals surface area contributed by atoms with Crippen molar-refractivity contribution in [2.24, 2.45) is 5.84 Å². The quantitative estimate of drug-likeness (QED) is 0.381. The molecular formula is C12H11ClN4O2S. The van der Waals surface area contributed by atoms with Gasteiger partial charge in [-0.2, -0.15) is 0 Å². The predicted molar refractivity (Wildman–Crippen MR) is 79.7 cm³/mol. The highest BCUT2D eigenvalue weighted by molar-refractivity contribution is 7.98. The van der Waals surface area contributed by atoms with Gasteiger partial charge < -0.3 is 5.43 Å². The van der Waals surface area contributed by atoms with E-state index >= 15 is 0 Å². The van der Waals surface area contributed by atoms with Gasteiger partial charge in [-0.3, -0.25) is 10.1 Å². The molecule has 0 aliphatic carbocycles. The molecule has 0 fully saturated rings. The average molecular weight is 311 g/mol. The number of pyridine rings is 1. The standard InChI is InChI=1S/C12H11ClN4O2S/c13-10-4-2-1-3-8(10)7-20-12-6-9(17(18)19)5-11(15-12)16-14/h1-6H,7,14H2,(H,15,16). The van der Waals surface area contributed by atoms with Gasteiger partial charge in [-0.1, -0.05) is 29.8 Å². The van der Waals surface area contributed by atoms with Crippen molar-refractivity contribution in [3.8, 4) is 0 Å². The van der Waals surface area contributed by atoms with Gasteiger partial charge in [0.25, 0.3) is 5.69 Å². The minimum atomic E-state index is -0.484. The molecule has 8 heteroatoms. The zero-order chi connectivity index (χ0) is 14.5. The highest BCUT2D eigenvalue weighted by atomic mass is 35.5. The van der Waals surface area contributed by atoms with Crippen molar-refractivity contribution in [3.05, 3.63) is 57.1 Å². The van der Waals surface area contributed by atoms with Gasteiger partial charge in [-0.15, -0.1) is 11.8 Å². The molecule has 0 aliphatic heterocycles. The molecule has 3 N–H and O–H groups in total. The number of nitrogens with one attached hydrogen (secondary N) is 1. The van der Waals surface area contributed by atoms with E-state index in [1.807, 2.05) is 18.2 Å². The van der Waals surface area contributed by atoms with Crippen molar-refractivity contribution >= 4 is 34.9 Å². The van der Waals surface area contributed by atoms with Gasteiger partial charge in [-0.25, -0.2) is 10.8 Å². The maximum absolute atomic E-state index is 10.8. The molecule has 0 bridgehead atoms. The van der Waals surface area contributed by atoms with E-state index in [0.717, 1.165) is 5.56 Å². The van der Waals surface area contributed by atoms with Crippen molar-refractivity contribution < 1.29 is 4.92 Å². The number of halogens is 1. The van der Waals surface area contributed by atoms with Crippen LogP contribution in [0.2, 0.25) is 5.02 Å². The molecule has 0 saturated heterocycles. The third-order valence-corrected chi connectivity index (χ3v) is 3.81. The third-order valence-electron chi connectivity index (χ3n) is 2.48. The molecule has 0 amide bonds. The summed E-state index contributed by atoms with van der Waals surface area (Å²) < 4.78 is 0. The average Bonchev–Trinajstić information content (AvgIpc) is 2.46. The first-order chi connectivity index (χ1) is 9.60. The summed E-state index contributed by atoms with van der Waals surface area (Å²) in [6.45, 7) is 0. The number of nitrogens with two attached hydrogens (primary N) is 1. The van der Waals surface area contributed by atoms with Crippen LogP contribution in [-0.2, 0) is 5.75 Å². The van der Waals surface area contributed by atoms with Crippen LogP contribution in [-0.4, -0.2) is 9.91 Å². The summed E-state index contributed by atoms with van der Waals surface area (Å²) in [5.41, 5.74) is 3.20. The molecule has 0 spiro atoms. The second-order valence-electron chi connectivity index (χ2n) is 3.83. The second kappa shape index (κ2) is 6.56. The van der Waals surface area contributed by atoms with E-state index in [0.29, 0.717) is 15.8 Å². The van der Waals surface area contributed by atoms with E-state index in [1.165, 1.54) is 23.9 Å². The number of hydrogen-bond acceptors (Lipinski definition) is 6. The van der Waals surface area contributed by atoms with Crippen LogP contribution < -0.4 is 11.3 Å². The monoisotopic (exact) mass is 310 g/mol. The van der Waals surface area contributed by atoms with Crippen LogP contribution in [0.4, 0.5) is 11.5 Å². The Morgan fingerprint density at radius 3 is 2.80 bits per heavy atom. The first-order valence-corrected chi connectivity index (χ1v) is 6.96. The van der Waals surface area contributed by atoms with Crippen LogP contribution in [0.3, 0.4) is 0 Å². The molecule has 2 aromatic rings. The molecular weight excluding hydrogens is 300 g/mol. The second-order valence-corrected chi connectivity index (χ2v) is 5.23. The highest BCUT2D eigenvalue weighted by Gasteiger charge is 2.11. The van der Waals surface area contributed by atoms with E-state index < -0.39 is 4.92 Å². The van der Waals surface area contributed by atoms with Gasteiger partial charge in [-0.05, 0) is 11.6 Å². The molecule has 0 aliphatic rings. The molecule has 0 radical (unpaired) electrons. The fraction of sp³-hybridized carbons (Fsp3) is 0.0833. The summed E-state index contributed by atoms with van der Waals surface area (Å²) in [5, 5.41) is 12.0. The Morgan fingerprint density at radius 1 is 1.40 bits per heavy atom. The van der Waals surface area contributed by atoms with Crippen LogP contribution in [0.25, 0.3) is 0 Å². The molecule has 0 unspecified atom stereocenters. The fourth-order valence-corrected chi connectivity index (χ4v) is 2.72. The number of hydrogen-bond donors (Lipinski definition) is 2. The smallest absolute Gasteiger partial charge is 0.275 e. The number of nitrogens with zero attached hydrogens (tertiary/aromatic N) is 2. The number of nitrogen functional groups attached to an aromatic ring is 1. The molecule has 1 heterocycles. The first kappa shape index (κ1) is 14.6. The van der Waals surface area contributed by atoms with Crippen molar-refractivity contribution in [1.29, 1.82) is 0 Å². The fourth-order valence-electron chi connectivity index (χ4n) is 1.51. The molecule has 104 valence electrons. The zero-order valence-corrected chi connectivity index (χ0v) is 11.8. The number of anilines is 1. The normalized spacial score (nSPS) is 10.3. The summed E-state index contributed by atoms with van der Waals surface area (Å²) in [5.74, 6) is 6.07. The molecule has 0 atom stereocenters. The van der Waals surface area contributed by atoms with Crippen LogP contribution in [0.1, 0.15) is 5.56 Å². The topological polar surface area (TPSA) is 94.1 Å². The molecule has 1 aromatic heterocycles. The number of rotatable bonds is 5. The van der Waals surface area contributed by atoms with Crippen LogP contribution in [0, 0.1) is 10.1 Å². The highest BCUT2D eigenvalue weighted by Crippen LogP contribution is 2.28. The number of aromatic nitrogens is 1. The minimum Gasteiger partial charge on any atom is -0.308 e. The predicted octanol–water partition coefficient (Wildman–Crippen LogP) is 3.22. The lowest BCUT2D eigenvalue weighted by atomic mass is 10.2. The van der Waals surface area contributed by atoms with Gasteiger partial charge in [0.2, 0.25) is 0 Å². The minimum absolute atomic E-state index is 0.0605. The Hall–Kier alpha value is -1.83. The lowest BCUT2D eigenvalue weighted by molar-refractivity contribution is -0.385. The number of benzene rings is 1. The maximum atomic E-state index is 10.8. The first-order valence-electron chi connectivity index (χ1n) is 5.59. The number of thioether (sulfide) groups is 1. The van der Waals surface area contributed by atoms with Gasteiger partial charge in [0, 0.05) is 16.8 Å². The largest absolute Gasteiger partial charge is 0.308 e. The van der Waals surface area contributed by atoms with Crippen molar-refractivity contribution in [3.63, 3.8) is 0 Å². The molecule has 20 heavy (non-hydrogen) atoms. The number of hydrazine groups is 1. The summed E-state index contributed by atoms with van der Waals surface area (Å²) in [6, 6.07) is 10.1.